The fourth-order valence-electron chi connectivity index (χ4n) is 2.40. The molecule has 0 aliphatic carbocycles. The fraction of sp³-hybridized carbons (Fsp3) is 0.167. The Kier molecular flexibility index (Phi) is 3.94. The average molecular weight is 316 g/mol. The first-order valence-corrected chi connectivity index (χ1v) is 7.31. The van der Waals surface area contributed by atoms with Crippen LogP contribution in [0.4, 0.5) is 13.2 Å². The highest BCUT2D eigenvalue weighted by Crippen LogP contribution is 2.33. The lowest BCUT2D eigenvalue weighted by Gasteiger charge is -2.08. The number of hydrogen-bond acceptors (Lipinski definition) is 1. The third kappa shape index (κ3) is 3.13. The Hall–Kier alpha value is -2.56. The van der Waals surface area contributed by atoms with Crippen LogP contribution in [0.25, 0.3) is 16.9 Å². The Balaban J connectivity index is 2.15. The molecule has 0 saturated carbocycles. The lowest BCUT2D eigenvalue weighted by molar-refractivity contribution is -0.141. The van der Waals surface area contributed by atoms with Crippen molar-refractivity contribution in [2.24, 2.45) is 0 Å². The average Bonchev–Trinajstić information content (AvgIpc) is 3.01. The van der Waals surface area contributed by atoms with E-state index >= 15 is 0 Å². The summed E-state index contributed by atoms with van der Waals surface area (Å²) >= 11 is 0. The first kappa shape index (κ1) is 15.3. The summed E-state index contributed by atoms with van der Waals surface area (Å²) in [6.07, 6.45) is -3.60. The molecule has 0 saturated heterocycles. The molecule has 0 bridgehead atoms. The van der Waals surface area contributed by atoms with Crippen LogP contribution in [-0.2, 0) is 12.6 Å². The summed E-state index contributed by atoms with van der Waals surface area (Å²) in [4.78, 5) is 0. The molecular formula is C18H15F3N2. The summed E-state index contributed by atoms with van der Waals surface area (Å²) in [6.45, 7) is 2.03. The normalized spacial score (nSPS) is 11.7. The van der Waals surface area contributed by atoms with Gasteiger partial charge in [-0.1, -0.05) is 49.4 Å². The Morgan fingerprint density at radius 3 is 2.17 bits per heavy atom. The third-order valence-corrected chi connectivity index (χ3v) is 3.66. The Morgan fingerprint density at radius 2 is 1.61 bits per heavy atom. The highest BCUT2D eigenvalue weighted by atomic mass is 19.4. The summed E-state index contributed by atoms with van der Waals surface area (Å²) in [5, 5.41) is 3.78. The van der Waals surface area contributed by atoms with Gasteiger partial charge in [0.05, 0.1) is 11.4 Å². The van der Waals surface area contributed by atoms with Crippen molar-refractivity contribution in [1.82, 2.24) is 9.78 Å². The molecule has 0 N–H and O–H groups in total. The van der Waals surface area contributed by atoms with Gasteiger partial charge in [-0.25, -0.2) is 4.68 Å². The smallest absolute Gasteiger partial charge is 0.233 e. The topological polar surface area (TPSA) is 17.8 Å². The molecule has 3 aromatic rings. The van der Waals surface area contributed by atoms with E-state index in [1.165, 1.54) is 4.68 Å². The van der Waals surface area contributed by atoms with E-state index in [9.17, 15) is 13.2 Å². The maximum atomic E-state index is 13.1. The number of benzene rings is 2. The molecule has 0 amide bonds. The molecule has 0 aliphatic rings. The van der Waals surface area contributed by atoms with Crippen molar-refractivity contribution in [3.63, 3.8) is 0 Å². The van der Waals surface area contributed by atoms with Gasteiger partial charge in [0.2, 0.25) is 0 Å². The lowest BCUT2D eigenvalue weighted by Crippen LogP contribution is -2.07. The molecule has 0 fully saturated rings. The number of hydrogen-bond donors (Lipinski definition) is 0. The van der Waals surface area contributed by atoms with Crippen LogP contribution < -0.4 is 0 Å². The van der Waals surface area contributed by atoms with E-state index in [4.69, 9.17) is 0 Å². The summed E-state index contributed by atoms with van der Waals surface area (Å²) in [5.74, 6) is 0. The zero-order valence-electron chi connectivity index (χ0n) is 12.5. The second-order valence-electron chi connectivity index (χ2n) is 5.21. The van der Waals surface area contributed by atoms with Crippen LogP contribution in [0.2, 0.25) is 0 Å². The van der Waals surface area contributed by atoms with Gasteiger partial charge < -0.3 is 0 Å². The lowest BCUT2D eigenvalue weighted by atomic mass is 10.1. The largest absolute Gasteiger partial charge is 0.435 e. The maximum Gasteiger partial charge on any atom is 0.435 e. The van der Waals surface area contributed by atoms with Gasteiger partial charge in [0.1, 0.15) is 0 Å². The Morgan fingerprint density at radius 1 is 0.957 bits per heavy atom. The highest BCUT2D eigenvalue weighted by Gasteiger charge is 2.35. The number of alkyl halides is 3. The number of rotatable bonds is 3. The van der Waals surface area contributed by atoms with Gasteiger partial charge in [0, 0.05) is 5.56 Å². The van der Waals surface area contributed by atoms with E-state index in [1.54, 1.807) is 36.4 Å². The van der Waals surface area contributed by atoms with Gasteiger partial charge in [0.25, 0.3) is 0 Å². The van der Waals surface area contributed by atoms with Crippen LogP contribution >= 0.6 is 0 Å². The monoisotopic (exact) mass is 316 g/mol. The molecule has 0 aliphatic heterocycles. The number of aromatic nitrogens is 2. The van der Waals surface area contributed by atoms with Crippen LogP contribution in [0.15, 0.2) is 60.7 Å². The number of nitrogens with zero attached hydrogens (tertiary/aromatic N) is 2. The summed E-state index contributed by atoms with van der Waals surface area (Å²) in [5.41, 5.74) is 1.95. The Labute approximate surface area is 132 Å². The molecule has 0 unspecified atom stereocenters. The van der Waals surface area contributed by atoms with E-state index in [2.05, 4.69) is 5.10 Å². The van der Waals surface area contributed by atoms with E-state index < -0.39 is 11.9 Å². The molecular weight excluding hydrogens is 301 g/mol. The number of halogens is 3. The van der Waals surface area contributed by atoms with Gasteiger partial charge >= 0.3 is 6.18 Å². The second kappa shape index (κ2) is 5.91. The molecule has 118 valence electrons. The predicted molar refractivity (Wildman–Crippen MR) is 83.4 cm³/mol. The van der Waals surface area contributed by atoms with Crippen LogP contribution in [0, 0.1) is 0 Å². The van der Waals surface area contributed by atoms with Crippen LogP contribution in [0.5, 0.6) is 0 Å². The van der Waals surface area contributed by atoms with E-state index in [-0.39, 0.29) is 0 Å². The first-order chi connectivity index (χ1) is 11.0. The van der Waals surface area contributed by atoms with Crippen LogP contribution in [-0.4, -0.2) is 9.78 Å². The summed E-state index contributed by atoms with van der Waals surface area (Å²) in [6, 6.07) is 17.4. The predicted octanol–water partition coefficient (Wildman–Crippen LogP) is 5.12. The minimum atomic E-state index is -4.47. The van der Waals surface area contributed by atoms with E-state index in [0.717, 1.165) is 18.1 Å². The van der Waals surface area contributed by atoms with Gasteiger partial charge in [0.15, 0.2) is 5.69 Å². The molecule has 5 heteroatoms. The third-order valence-electron chi connectivity index (χ3n) is 3.66. The fourth-order valence-corrected chi connectivity index (χ4v) is 2.40. The molecule has 0 spiro atoms. The standard InChI is InChI=1S/C18H15F3N2/c1-2-13-8-10-15(11-9-13)23-16(14-6-4-3-5-7-14)12-17(22-23)18(19,20)21/h3-12H,2H2,1H3. The molecule has 23 heavy (non-hydrogen) atoms. The van der Waals surface area contributed by atoms with Gasteiger partial charge in [-0.3, -0.25) is 0 Å². The second-order valence-corrected chi connectivity index (χ2v) is 5.21. The van der Waals surface area contributed by atoms with Crippen molar-refractivity contribution in [3.8, 4) is 16.9 Å². The van der Waals surface area contributed by atoms with Crippen LogP contribution in [0.1, 0.15) is 18.2 Å². The molecule has 0 radical (unpaired) electrons. The van der Waals surface area contributed by atoms with Crippen molar-refractivity contribution in [2.75, 3.05) is 0 Å². The van der Waals surface area contributed by atoms with Crippen molar-refractivity contribution >= 4 is 0 Å². The van der Waals surface area contributed by atoms with Gasteiger partial charge in [-0.2, -0.15) is 18.3 Å². The van der Waals surface area contributed by atoms with Crippen molar-refractivity contribution in [1.29, 1.82) is 0 Å². The van der Waals surface area contributed by atoms with Crippen LogP contribution in [0.3, 0.4) is 0 Å². The zero-order chi connectivity index (χ0) is 16.4. The quantitative estimate of drug-likeness (QED) is 0.656. The molecule has 3 rings (SSSR count). The summed E-state index contributed by atoms with van der Waals surface area (Å²) < 4.78 is 40.5. The molecule has 1 aromatic heterocycles. The van der Waals surface area contributed by atoms with Gasteiger partial charge in [-0.15, -0.1) is 0 Å². The molecule has 0 atom stereocenters. The highest BCUT2D eigenvalue weighted by molar-refractivity contribution is 5.62. The Bertz CT molecular complexity index is 787. The molecule has 2 nitrogen and oxygen atoms in total. The van der Waals surface area contributed by atoms with E-state index in [0.29, 0.717) is 16.9 Å². The first-order valence-electron chi connectivity index (χ1n) is 7.31. The maximum absolute atomic E-state index is 13.1. The zero-order valence-corrected chi connectivity index (χ0v) is 12.5. The molecule has 2 aromatic carbocycles. The van der Waals surface area contributed by atoms with Crippen molar-refractivity contribution in [2.45, 2.75) is 19.5 Å². The number of aryl methyl sites for hydroxylation is 1. The van der Waals surface area contributed by atoms with Crippen molar-refractivity contribution in [3.05, 3.63) is 71.9 Å². The molecule has 1 heterocycles. The van der Waals surface area contributed by atoms with Gasteiger partial charge in [-0.05, 0) is 30.2 Å². The van der Waals surface area contributed by atoms with E-state index in [1.807, 2.05) is 25.1 Å². The summed E-state index contributed by atoms with van der Waals surface area (Å²) in [7, 11) is 0. The van der Waals surface area contributed by atoms with Crippen molar-refractivity contribution < 1.29 is 13.2 Å². The minimum Gasteiger partial charge on any atom is -0.233 e. The minimum absolute atomic E-state index is 0.419. The SMILES string of the molecule is CCc1ccc(-n2nc(C(F)(F)F)cc2-c2ccccc2)cc1.